The minimum absolute atomic E-state index is 0.174. The van der Waals surface area contributed by atoms with E-state index in [1.807, 2.05) is 24.3 Å². The molecular formula is C27H27N5O2. The van der Waals surface area contributed by atoms with Crippen molar-refractivity contribution in [2.75, 3.05) is 25.1 Å². The van der Waals surface area contributed by atoms with Crippen molar-refractivity contribution < 1.29 is 9.84 Å². The Labute approximate surface area is 197 Å². The van der Waals surface area contributed by atoms with Crippen molar-refractivity contribution in [1.82, 2.24) is 20.2 Å². The highest BCUT2D eigenvalue weighted by atomic mass is 16.5. The molecule has 172 valence electrons. The maximum Gasteiger partial charge on any atom is 0.159 e. The lowest BCUT2D eigenvalue weighted by molar-refractivity contribution is 0.409. The number of aromatic nitrogens is 4. The van der Waals surface area contributed by atoms with E-state index >= 15 is 0 Å². The van der Waals surface area contributed by atoms with Crippen LogP contribution in [0.3, 0.4) is 0 Å². The maximum absolute atomic E-state index is 9.77. The Bertz CT molecular complexity index is 1490. The lowest BCUT2D eigenvalue weighted by Crippen LogP contribution is -2.32. The zero-order chi connectivity index (χ0) is 23.2. The predicted octanol–water partition coefficient (Wildman–Crippen LogP) is 5.72. The van der Waals surface area contributed by atoms with Crippen molar-refractivity contribution in [2.24, 2.45) is 5.92 Å². The van der Waals surface area contributed by atoms with Crippen LogP contribution in [0.2, 0.25) is 0 Å². The first kappa shape index (κ1) is 20.6. The van der Waals surface area contributed by atoms with Crippen LogP contribution in [0.1, 0.15) is 19.8 Å². The molecule has 0 aliphatic carbocycles. The Morgan fingerprint density at radius 1 is 1.00 bits per heavy atom. The average Bonchev–Trinajstić information content (AvgIpc) is 3.47. The van der Waals surface area contributed by atoms with Crippen LogP contribution in [0.25, 0.3) is 44.6 Å². The summed E-state index contributed by atoms with van der Waals surface area (Å²) in [4.78, 5) is 10.8. The molecule has 0 amide bonds. The third-order valence-corrected chi connectivity index (χ3v) is 6.90. The standard InChI is InChI=1S/C27H27N5O2/c1-16-9-11-32(12-10-16)18-4-8-22-24(14-18)29-27(28-22)26-21-6-3-17(13-23(21)30-31-26)20-7-5-19(33)15-25(20)34-2/h3-8,13-16,33H,9-12H2,1-2H3,(H,28,29)(H,30,31). The van der Waals surface area contributed by atoms with Gasteiger partial charge in [0.1, 0.15) is 17.2 Å². The molecule has 0 spiro atoms. The molecule has 0 radical (unpaired) electrons. The molecule has 1 fully saturated rings. The topological polar surface area (TPSA) is 90.1 Å². The predicted molar refractivity (Wildman–Crippen MR) is 135 cm³/mol. The average molecular weight is 454 g/mol. The van der Waals surface area contributed by atoms with E-state index in [1.165, 1.54) is 18.5 Å². The minimum Gasteiger partial charge on any atom is -0.508 e. The number of phenols is 1. The largest absolute Gasteiger partial charge is 0.508 e. The third kappa shape index (κ3) is 3.53. The van der Waals surface area contributed by atoms with Gasteiger partial charge in [-0.05, 0) is 66.8 Å². The fourth-order valence-corrected chi connectivity index (χ4v) is 4.86. The first-order valence-electron chi connectivity index (χ1n) is 11.7. The van der Waals surface area contributed by atoms with Crippen LogP contribution in [0.4, 0.5) is 5.69 Å². The molecule has 3 N–H and O–H groups in total. The molecule has 6 rings (SSSR count). The molecule has 1 aliphatic heterocycles. The van der Waals surface area contributed by atoms with Gasteiger partial charge in [-0.25, -0.2) is 4.98 Å². The van der Waals surface area contributed by atoms with E-state index in [9.17, 15) is 5.11 Å². The van der Waals surface area contributed by atoms with Gasteiger partial charge in [0.2, 0.25) is 0 Å². The first-order valence-corrected chi connectivity index (χ1v) is 11.7. The first-order chi connectivity index (χ1) is 16.6. The number of ether oxygens (including phenoxy) is 1. The lowest BCUT2D eigenvalue weighted by atomic mass is 9.99. The Morgan fingerprint density at radius 3 is 2.68 bits per heavy atom. The van der Waals surface area contributed by atoms with Gasteiger partial charge >= 0.3 is 0 Å². The van der Waals surface area contributed by atoms with Gasteiger partial charge < -0.3 is 19.7 Å². The lowest BCUT2D eigenvalue weighted by Gasteiger charge is -2.32. The van der Waals surface area contributed by atoms with Crippen LogP contribution in [-0.4, -0.2) is 45.5 Å². The number of phenolic OH excluding ortho intramolecular Hbond substituents is 1. The molecule has 3 heterocycles. The van der Waals surface area contributed by atoms with E-state index < -0.39 is 0 Å². The highest BCUT2D eigenvalue weighted by molar-refractivity contribution is 5.96. The van der Waals surface area contributed by atoms with Crippen LogP contribution in [0.5, 0.6) is 11.5 Å². The van der Waals surface area contributed by atoms with Crippen molar-refractivity contribution in [1.29, 1.82) is 0 Å². The number of piperidine rings is 1. The normalized spacial score (nSPS) is 14.8. The number of aromatic hydroxyl groups is 1. The van der Waals surface area contributed by atoms with Gasteiger partial charge in [0.05, 0.1) is 23.7 Å². The van der Waals surface area contributed by atoms with Gasteiger partial charge in [-0.2, -0.15) is 5.10 Å². The van der Waals surface area contributed by atoms with Gasteiger partial charge in [0, 0.05) is 35.8 Å². The number of nitrogens with zero attached hydrogens (tertiary/aromatic N) is 3. The second-order valence-corrected chi connectivity index (χ2v) is 9.17. The Balaban J connectivity index is 1.35. The number of imidazole rings is 1. The number of anilines is 1. The van der Waals surface area contributed by atoms with E-state index in [1.54, 1.807) is 19.2 Å². The highest BCUT2D eigenvalue weighted by Gasteiger charge is 2.18. The molecule has 1 saturated heterocycles. The molecule has 1 aliphatic rings. The number of methoxy groups -OCH3 is 1. The molecule has 0 atom stereocenters. The quantitative estimate of drug-likeness (QED) is 0.324. The number of rotatable bonds is 4. The molecule has 0 bridgehead atoms. The van der Waals surface area contributed by atoms with Gasteiger partial charge in [-0.15, -0.1) is 0 Å². The monoisotopic (exact) mass is 453 g/mol. The second-order valence-electron chi connectivity index (χ2n) is 9.17. The zero-order valence-electron chi connectivity index (χ0n) is 19.3. The third-order valence-electron chi connectivity index (χ3n) is 6.90. The van der Waals surface area contributed by atoms with Crippen LogP contribution in [0.15, 0.2) is 54.6 Å². The van der Waals surface area contributed by atoms with Crippen molar-refractivity contribution >= 4 is 27.6 Å². The van der Waals surface area contributed by atoms with Crippen molar-refractivity contribution in [3.05, 3.63) is 54.6 Å². The molecule has 7 nitrogen and oxygen atoms in total. The number of aromatic amines is 2. The zero-order valence-corrected chi connectivity index (χ0v) is 19.3. The molecule has 5 aromatic rings. The molecule has 0 saturated carbocycles. The van der Waals surface area contributed by atoms with Crippen molar-refractivity contribution in [3.63, 3.8) is 0 Å². The minimum atomic E-state index is 0.174. The van der Waals surface area contributed by atoms with Crippen LogP contribution < -0.4 is 9.64 Å². The molecule has 34 heavy (non-hydrogen) atoms. The number of benzene rings is 3. The molecule has 7 heteroatoms. The number of nitrogens with one attached hydrogen (secondary N) is 2. The summed E-state index contributed by atoms with van der Waals surface area (Å²) in [6.45, 7) is 4.54. The van der Waals surface area contributed by atoms with Crippen molar-refractivity contribution in [2.45, 2.75) is 19.8 Å². The van der Waals surface area contributed by atoms with Gasteiger partial charge in [-0.3, -0.25) is 5.10 Å². The van der Waals surface area contributed by atoms with E-state index in [4.69, 9.17) is 9.72 Å². The number of hydrogen-bond donors (Lipinski definition) is 3. The summed E-state index contributed by atoms with van der Waals surface area (Å²) in [5.41, 5.74) is 6.79. The Hall–Kier alpha value is -4.00. The summed E-state index contributed by atoms with van der Waals surface area (Å²) in [6, 6.07) is 17.7. The molecular weight excluding hydrogens is 426 g/mol. The summed E-state index contributed by atoms with van der Waals surface area (Å²) < 4.78 is 5.46. The fourth-order valence-electron chi connectivity index (χ4n) is 4.86. The van der Waals surface area contributed by atoms with Gasteiger partial charge in [0.15, 0.2) is 5.82 Å². The Kier molecular flexibility index (Phi) is 4.90. The van der Waals surface area contributed by atoms with E-state index in [0.717, 1.165) is 63.6 Å². The SMILES string of the molecule is COc1cc(O)ccc1-c1ccc2c(-c3nc4ccc(N5CCC(C)CC5)cc4[nH]3)n[nH]c2c1. The number of hydrogen-bond acceptors (Lipinski definition) is 5. The van der Waals surface area contributed by atoms with E-state index in [2.05, 4.69) is 45.2 Å². The summed E-state index contributed by atoms with van der Waals surface area (Å²) in [6.07, 6.45) is 2.48. The maximum atomic E-state index is 9.77. The van der Waals surface area contributed by atoms with Crippen LogP contribution in [0, 0.1) is 5.92 Å². The molecule has 0 unspecified atom stereocenters. The van der Waals surface area contributed by atoms with Crippen LogP contribution in [-0.2, 0) is 0 Å². The number of fused-ring (bicyclic) bond motifs is 2. The summed E-state index contributed by atoms with van der Waals surface area (Å²) in [5, 5.41) is 18.5. The smallest absolute Gasteiger partial charge is 0.159 e. The van der Waals surface area contributed by atoms with Gasteiger partial charge in [0.25, 0.3) is 0 Å². The summed E-state index contributed by atoms with van der Waals surface area (Å²) >= 11 is 0. The summed E-state index contributed by atoms with van der Waals surface area (Å²) in [5.74, 6) is 2.35. The summed E-state index contributed by atoms with van der Waals surface area (Å²) in [7, 11) is 1.60. The van der Waals surface area contributed by atoms with E-state index in [0.29, 0.717) is 5.75 Å². The number of H-pyrrole nitrogens is 2. The van der Waals surface area contributed by atoms with Crippen LogP contribution >= 0.6 is 0 Å². The fraction of sp³-hybridized carbons (Fsp3) is 0.259. The van der Waals surface area contributed by atoms with Gasteiger partial charge in [-0.1, -0.05) is 13.0 Å². The van der Waals surface area contributed by atoms with Crippen molar-refractivity contribution in [3.8, 4) is 34.1 Å². The molecule has 3 aromatic carbocycles. The molecule has 2 aromatic heterocycles. The van der Waals surface area contributed by atoms with E-state index in [-0.39, 0.29) is 5.75 Å². The second kappa shape index (κ2) is 8.09. The Morgan fingerprint density at radius 2 is 1.85 bits per heavy atom. The highest BCUT2D eigenvalue weighted by Crippen LogP contribution is 2.36.